The first kappa shape index (κ1) is 9.57. The molecule has 0 heterocycles. The van der Waals surface area contributed by atoms with Crippen molar-refractivity contribution in [3.05, 3.63) is 12.2 Å². The summed E-state index contributed by atoms with van der Waals surface area (Å²) in [5.74, 6) is 0.594. The predicted octanol–water partition coefficient (Wildman–Crippen LogP) is -0.459. The molecule has 1 aliphatic rings. The van der Waals surface area contributed by atoms with Crippen molar-refractivity contribution in [2.24, 2.45) is 33.1 Å². The zero-order valence-electron chi connectivity index (χ0n) is 7.48. The summed E-state index contributed by atoms with van der Waals surface area (Å²) >= 11 is 0. The van der Waals surface area contributed by atoms with Gasteiger partial charge in [-0.05, 0) is 18.8 Å². The number of hydrogen-bond donors (Lipinski definition) is 3. The van der Waals surface area contributed by atoms with Gasteiger partial charge in [0, 0.05) is 6.54 Å². The summed E-state index contributed by atoms with van der Waals surface area (Å²) in [6, 6.07) is 0. The largest absolute Gasteiger partial charge is 0.370 e. The fraction of sp³-hybridized carbons (Fsp3) is 0.500. The Balaban J connectivity index is 2.38. The molecule has 0 spiro atoms. The van der Waals surface area contributed by atoms with Crippen molar-refractivity contribution in [3.63, 3.8) is 0 Å². The van der Waals surface area contributed by atoms with E-state index in [1.165, 1.54) is 0 Å². The maximum absolute atomic E-state index is 5.43. The van der Waals surface area contributed by atoms with Crippen LogP contribution in [0.5, 0.6) is 0 Å². The quantitative estimate of drug-likeness (QED) is 0.305. The molecule has 0 saturated carbocycles. The van der Waals surface area contributed by atoms with Crippen molar-refractivity contribution in [1.29, 1.82) is 0 Å². The molecule has 0 saturated heterocycles. The van der Waals surface area contributed by atoms with E-state index in [-0.39, 0.29) is 11.9 Å². The summed E-state index contributed by atoms with van der Waals surface area (Å²) in [6.45, 7) is 0.666. The van der Waals surface area contributed by atoms with Crippen LogP contribution in [0.2, 0.25) is 0 Å². The minimum absolute atomic E-state index is 0.0526. The van der Waals surface area contributed by atoms with Crippen molar-refractivity contribution >= 4 is 11.9 Å². The van der Waals surface area contributed by atoms with E-state index in [2.05, 4.69) is 22.1 Å². The first-order valence-corrected chi connectivity index (χ1v) is 4.24. The standard InChI is InChI=1S/C8H15N5/c9-7(10)13-8(11)12-5-6-3-1-2-4-6/h1,3,6H,2,4-5H2,(H6,9,10,11,12,13). The van der Waals surface area contributed by atoms with Gasteiger partial charge in [0.15, 0.2) is 5.96 Å². The number of aliphatic imine (C=N–C) groups is 2. The Morgan fingerprint density at radius 2 is 2.15 bits per heavy atom. The maximum atomic E-state index is 5.43. The van der Waals surface area contributed by atoms with Gasteiger partial charge >= 0.3 is 0 Å². The first-order valence-electron chi connectivity index (χ1n) is 4.24. The van der Waals surface area contributed by atoms with Crippen LogP contribution in [0.25, 0.3) is 0 Å². The second kappa shape index (κ2) is 4.49. The molecular weight excluding hydrogens is 166 g/mol. The van der Waals surface area contributed by atoms with Gasteiger partial charge in [0.2, 0.25) is 5.96 Å². The molecule has 5 nitrogen and oxygen atoms in total. The zero-order valence-corrected chi connectivity index (χ0v) is 7.48. The Morgan fingerprint density at radius 1 is 1.38 bits per heavy atom. The second-order valence-corrected chi connectivity index (χ2v) is 3.00. The van der Waals surface area contributed by atoms with Gasteiger partial charge in [-0.1, -0.05) is 12.2 Å². The van der Waals surface area contributed by atoms with Gasteiger partial charge in [0.1, 0.15) is 0 Å². The van der Waals surface area contributed by atoms with Gasteiger partial charge in [-0.3, -0.25) is 4.99 Å². The number of allylic oxidation sites excluding steroid dienone is 1. The molecule has 1 atom stereocenters. The van der Waals surface area contributed by atoms with E-state index in [0.29, 0.717) is 12.5 Å². The van der Waals surface area contributed by atoms with Gasteiger partial charge < -0.3 is 17.2 Å². The van der Waals surface area contributed by atoms with Crippen molar-refractivity contribution in [3.8, 4) is 0 Å². The smallest absolute Gasteiger partial charge is 0.218 e. The van der Waals surface area contributed by atoms with E-state index in [1.807, 2.05) is 0 Å². The molecule has 0 bridgehead atoms. The highest BCUT2D eigenvalue weighted by Crippen LogP contribution is 2.16. The van der Waals surface area contributed by atoms with Gasteiger partial charge in [0.25, 0.3) is 0 Å². The molecule has 1 aliphatic carbocycles. The van der Waals surface area contributed by atoms with Gasteiger partial charge in [-0.15, -0.1) is 0 Å². The van der Waals surface area contributed by atoms with E-state index in [4.69, 9.17) is 17.2 Å². The third-order valence-electron chi connectivity index (χ3n) is 1.84. The van der Waals surface area contributed by atoms with Crippen LogP contribution in [-0.2, 0) is 0 Å². The van der Waals surface area contributed by atoms with Crippen molar-refractivity contribution in [2.75, 3.05) is 6.54 Å². The Kier molecular flexibility index (Phi) is 3.31. The summed E-state index contributed by atoms with van der Waals surface area (Å²) in [7, 11) is 0. The summed E-state index contributed by atoms with van der Waals surface area (Å²) in [5, 5.41) is 0. The van der Waals surface area contributed by atoms with Crippen LogP contribution in [-0.4, -0.2) is 18.5 Å². The molecule has 0 aromatic heterocycles. The van der Waals surface area contributed by atoms with Crippen LogP contribution < -0.4 is 17.2 Å². The zero-order chi connectivity index (χ0) is 9.68. The van der Waals surface area contributed by atoms with Gasteiger partial charge in [0.05, 0.1) is 0 Å². The molecule has 0 aromatic rings. The predicted molar refractivity (Wildman–Crippen MR) is 54.2 cm³/mol. The Labute approximate surface area is 77.4 Å². The molecule has 72 valence electrons. The lowest BCUT2D eigenvalue weighted by atomic mass is 10.1. The summed E-state index contributed by atoms with van der Waals surface area (Å²) in [5.41, 5.74) is 15.7. The van der Waals surface area contributed by atoms with Crippen LogP contribution in [0.15, 0.2) is 22.1 Å². The van der Waals surface area contributed by atoms with Gasteiger partial charge in [-0.25, -0.2) is 0 Å². The second-order valence-electron chi connectivity index (χ2n) is 3.00. The SMILES string of the molecule is NC(N)=NC(N)=NCC1C=CCC1. The molecule has 0 fully saturated rings. The van der Waals surface area contributed by atoms with Crippen LogP contribution >= 0.6 is 0 Å². The number of hydrogen-bond acceptors (Lipinski definition) is 1. The lowest BCUT2D eigenvalue weighted by Crippen LogP contribution is -2.26. The lowest BCUT2D eigenvalue weighted by Gasteiger charge is -2.01. The first-order chi connectivity index (χ1) is 6.18. The molecular formula is C8H15N5. The highest BCUT2D eigenvalue weighted by Gasteiger charge is 2.07. The number of guanidine groups is 2. The lowest BCUT2D eigenvalue weighted by molar-refractivity contribution is 0.645. The number of nitrogens with zero attached hydrogens (tertiary/aromatic N) is 2. The Hall–Kier alpha value is -1.52. The van der Waals surface area contributed by atoms with Crippen LogP contribution in [0.3, 0.4) is 0 Å². The molecule has 1 rings (SSSR count). The molecule has 6 N–H and O–H groups in total. The fourth-order valence-electron chi connectivity index (χ4n) is 1.23. The topological polar surface area (TPSA) is 103 Å². The average Bonchev–Trinajstić information content (AvgIpc) is 2.51. The minimum Gasteiger partial charge on any atom is -0.370 e. The number of nitrogens with two attached hydrogens (primary N) is 3. The van der Waals surface area contributed by atoms with E-state index in [9.17, 15) is 0 Å². The third-order valence-corrected chi connectivity index (χ3v) is 1.84. The molecule has 0 radical (unpaired) electrons. The average molecular weight is 181 g/mol. The number of rotatable bonds is 2. The van der Waals surface area contributed by atoms with Crippen molar-refractivity contribution < 1.29 is 0 Å². The van der Waals surface area contributed by atoms with Gasteiger partial charge in [-0.2, -0.15) is 4.99 Å². The summed E-state index contributed by atoms with van der Waals surface area (Å²) < 4.78 is 0. The van der Waals surface area contributed by atoms with Crippen LogP contribution in [0.4, 0.5) is 0 Å². The highest BCUT2D eigenvalue weighted by atomic mass is 15.1. The molecule has 0 amide bonds. The Bertz CT molecular complexity index is 249. The van der Waals surface area contributed by atoms with E-state index >= 15 is 0 Å². The molecule has 5 heteroatoms. The Morgan fingerprint density at radius 3 is 2.69 bits per heavy atom. The molecule has 0 aromatic carbocycles. The van der Waals surface area contributed by atoms with Crippen molar-refractivity contribution in [1.82, 2.24) is 0 Å². The fourth-order valence-corrected chi connectivity index (χ4v) is 1.23. The summed E-state index contributed by atoms with van der Waals surface area (Å²) in [6.07, 6.45) is 6.56. The minimum atomic E-state index is -0.0526. The molecule has 13 heavy (non-hydrogen) atoms. The van der Waals surface area contributed by atoms with E-state index < -0.39 is 0 Å². The van der Waals surface area contributed by atoms with Crippen LogP contribution in [0, 0.1) is 5.92 Å². The molecule has 0 aliphatic heterocycles. The normalized spacial score (nSPS) is 21.8. The highest BCUT2D eigenvalue weighted by molar-refractivity contribution is 5.92. The van der Waals surface area contributed by atoms with E-state index in [1.54, 1.807) is 0 Å². The van der Waals surface area contributed by atoms with Crippen LogP contribution in [0.1, 0.15) is 12.8 Å². The third kappa shape index (κ3) is 3.59. The maximum Gasteiger partial charge on any atom is 0.218 e. The van der Waals surface area contributed by atoms with Crippen molar-refractivity contribution in [2.45, 2.75) is 12.8 Å². The molecule has 1 unspecified atom stereocenters. The summed E-state index contributed by atoms with van der Waals surface area (Å²) in [4.78, 5) is 7.66. The monoisotopic (exact) mass is 181 g/mol. The van der Waals surface area contributed by atoms with E-state index in [0.717, 1.165) is 12.8 Å².